The van der Waals surface area contributed by atoms with Crippen molar-refractivity contribution in [2.75, 3.05) is 14.2 Å². The van der Waals surface area contributed by atoms with E-state index in [0.29, 0.717) is 0 Å². The first-order valence-corrected chi connectivity index (χ1v) is 8.21. The Balaban J connectivity index is 2.43. The minimum absolute atomic E-state index is 0.0985. The van der Waals surface area contributed by atoms with E-state index < -0.39 is 0 Å². The lowest BCUT2D eigenvalue weighted by Crippen LogP contribution is -1.97. The third kappa shape index (κ3) is 3.15. The number of rotatable bonds is 4. The Morgan fingerprint density at radius 1 is 1.16 bits per heavy atom. The van der Waals surface area contributed by atoms with Crippen LogP contribution in [0.1, 0.15) is 20.1 Å². The predicted molar refractivity (Wildman–Crippen MR) is 87.1 cm³/mol. The molecular formula is C14H14Br2O2S. The number of benzene rings is 1. The molecule has 1 aromatic carbocycles. The van der Waals surface area contributed by atoms with E-state index >= 15 is 0 Å². The van der Waals surface area contributed by atoms with Gasteiger partial charge in [-0.25, -0.2) is 0 Å². The van der Waals surface area contributed by atoms with Gasteiger partial charge in [0.05, 0.1) is 19.0 Å². The minimum atomic E-state index is 0.0985. The highest BCUT2D eigenvalue weighted by Gasteiger charge is 2.20. The molecule has 0 saturated heterocycles. The quantitative estimate of drug-likeness (QED) is 0.640. The van der Waals surface area contributed by atoms with Crippen molar-refractivity contribution < 1.29 is 9.47 Å². The standard InChI is InChI=1S/C14H14Br2O2S/c1-8-6-11(15)14(19-8)13(16)10-5-4-9(17-2)7-12(10)18-3/h4-7,13H,1-3H3. The summed E-state index contributed by atoms with van der Waals surface area (Å²) >= 11 is 9.13. The van der Waals surface area contributed by atoms with Crippen molar-refractivity contribution in [1.82, 2.24) is 0 Å². The Morgan fingerprint density at radius 3 is 2.42 bits per heavy atom. The van der Waals surface area contributed by atoms with E-state index in [4.69, 9.17) is 9.47 Å². The van der Waals surface area contributed by atoms with Crippen LogP contribution in [0.25, 0.3) is 0 Å². The Hall–Kier alpha value is -0.520. The number of hydrogen-bond acceptors (Lipinski definition) is 3. The Bertz CT molecular complexity index is 581. The lowest BCUT2D eigenvalue weighted by Gasteiger charge is -2.15. The fourth-order valence-corrected chi connectivity index (χ4v) is 4.93. The average Bonchev–Trinajstić information content (AvgIpc) is 2.76. The van der Waals surface area contributed by atoms with Crippen LogP contribution in [0, 0.1) is 6.92 Å². The van der Waals surface area contributed by atoms with Crippen molar-refractivity contribution >= 4 is 43.2 Å². The van der Waals surface area contributed by atoms with E-state index in [1.54, 1.807) is 25.6 Å². The fourth-order valence-electron chi connectivity index (χ4n) is 1.84. The molecule has 2 nitrogen and oxygen atoms in total. The van der Waals surface area contributed by atoms with Gasteiger partial charge in [-0.05, 0) is 35.0 Å². The molecule has 2 aromatic rings. The molecule has 0 fully saturated rings. The van der Waals surface area contributed by atoms with E-state index in [9.17, 15) is 0 Å². The fraction of sp³-hybridized carbons (Fsp3) is 0.286. The second kappa shape index (κ2) is 6.29. The van der Waals surface area contributed by atoms with Gasteiger partial charge < -0.3 is 9.47 Å². The van der Waals surface area contributed by atoms with Gasteiger partial charge in [0, 0.05) is 25.9 Å². The molecule has 102 valence electrons. The topological polar surface area (TPSA) is 18.5 Å². The molecule has 1 unspecified atom stereocenters. The number of ether oxygens (including phenoxy) is 2. The first-order chi connectivity index (χ1) is 9.06. The molecule has 0 aliphatic heterocycles. The van der Waals surface area contributed by atoms with Gasteiger partial charge in [-0.3, -0.25) is 0 Å². The zero-order valence-corrected chi connectivity index (χ0v) is 14.9. The van der Waals surface area contributed by atoms with Gasteiger partial charge in [-0.2, -0.15) is 0 Å². The number of thiophene rings is 1. The molecule has 1 heterocycles. The molecule has 0 radical (unpaired) electrons. The number of alkyl halides is 1. The molecule has 0 spiro atoms. The average molecular weight is 406 g/mol. The summed E-state index contributed by atoms with van der Waals surface area (Å²) < 4.78 is 11.8. The number of hydrogen-bond donors (Lipinski definition) is 0. The van der Waals surface area contributed by atoms with Crippen molar-refractivity contribution in [2.45, 2.75) is 11.8 Å². The van der Waals surface area contributed by atoms with Gasteiger partial charge in [-0.15, -0.1) is 11.3 Å². The lowest BCUT2D eigenvalue weighted by atomic mass is 10.1. The largest absolute Gasteiger partial charge is 0.497 e. The van der Waals surface area contributed by atoms with Crippen LogP contribution in [0.5, 0.6) is 11.5 Å². The molecule has 2 rings (SSSR count). The highest BCUT2D eigenvalue weighted by Crippen LogP contribution is 2.44. The summed E-state index contributed by atoms with van der Waals surface area (Å²) in [5.74, 6) is 1.61. The van der Waals surface area contributed by atoms with Crippen LogP contribution in [0.2, 0.25) is 0 Å². The van der Waals surface area contributed by atoms with Crippen LogP contribution < -0.4 is 9.47 Å². The zero-order valence-electron chi connectivity index (χ0n) is 10.9. The van der Waals surface area contributed by atoms with Crippen LogP contribution in [0.3, 0.4) is 0 Å². The summed E-state index contributed by atoms with van der Waals surface area (Å²) in [4.78, 5) is 2.61. The maximum Gasteiger partial charge on any atom is 0.127 e. The highest BCUT2D eigenvalue weighted by molar-refractivity contribution is 9.11. The van der Waals surface area contributed by atoms with Crippen molar-refractivity contribution in [3.05, 3.63) is 44.1 Å². The number of methoxy groups -OCH3 is 2. The SMILES string of the molecule is COc1ccc(C(Br)c2sc(C)cc2Br)c(OC)c1. The van der Waals surface area contributed by atoms with Gasteiger partial charge in [0.2, 0.25) is 0 Å². The van der Waals surface area contributed by atoms with Crippen LogP contribution in [0.15, 0.2) is 28.7 Å². The summed E-state index contributed by atoms with van der Waals surface area (Å²) in [6, 6.07) is 8.00. The third-order valence-electron chi connectivity index (χ3n) is 2.78. The molecule has 0 N–H and O–H groups in total. The summed E-state index contributed by atoms with van der Waals surface area (Å²) in [6.45, 7) is 2.10. The third-order valence-corrected chi connectivity index (χ3v) is 6.07. The molecular weight excluding hydrogens is 392 g/mol. The first kappa shape index (κ1) is 14.9. The Kier molecular flexibility index (Phi) is 4.92. The Labute approximate surface area is 134 Å². The van der Waals surface area contributed by atoms with E-state index in [-0.39, 0.29) is 4.83 Å². The van der Waals surface area contributed by atoms with Gasteiger partial charge >= 0.3 is 0 Å². The molecule has 19 heavy (non-hydrogen) atoms. The van der Waals surface area contributed by atoms with Crippen LogP contribution in [-0.4, -0.2) is 14.2 Å². The van der Waals surface area contributed by atoms with E-state index in [1.165, 1.54) is 9.75 Å². The molecule has 0 aliphatic carbocycles. The second-order valence-corrected chi connectivity index (χ2v) is 7.10. The maximum atomic E-state index is 5.46. The van der Waals surface area contributed by atoms with Crippen LogP contribution >= 0.6 is 43.2 Å². The summed E-state index contributed by atoms with van der Waals surface area (Å²) in [5.41, 5.74) is 1.09. The minimum Gasteiger partial charge on any atom is -0.497 e. The summed E-state index contributed by atoms with van der Waals surface area (Å²) in [5, 5.41) is 0. The lowest BCUT2D eigenvalue weighted by molar-refractivity contribution is 0.391. The molecule has 0 amide bonds. The van der Waals surface area contributed by atoms with Gasteiger partial charge in [0.1, 0.15) is 11.5 Å². The second-order valence-electron chi connectivity index (χ2n) is 4.04. The summed E-state index contributed by atoms with van der Waals surface area (Å²) in [7, 11) is 3.33. The molecule has 5 heteroatoms. The molecule has 0 bridgehead atoms. The van der Waals surface area contributed by atoms with Crippen molar-refractivity contribution in [3.63, 3.8) is 0 Å². The summed E-state index contributed by atoms with van der Waals surface area (Å²) in [6.07, 6.45) is 0. The van der Waals surface area contributed by atoms with Crippen LogP contribution in [0.4, 0.5) is 0 Å². The molecule has 1 aromatic heterocycles. The van der Waals surface area contributed by atoms with Gasteiger partial charge in [-0.1, -0.05) is 22.0 Å². The first-order valence-electron chi connectivity index (χ1n) is 5.68. The highest BCUT2D eigenvalue weighted by atomic mass is 79.9. The van der Waals surface area contributed by atoms with Crippen molar-refractivity contribution in [3.8, 4) is 11.5 Å². The van der Waals surface area contributed by atoms with Crippen molar-refractivity contribution in [2.24, 2.45) is 0 Å². The zero-order chi connectivity index (χ0) is 14.0. The molecule has 1 atom stereocenters. The molecule has 0 aliphatic rings. The van der Waals surface area contributed by atoms with Crippen LogP contribution in [-0.2, 0) is 0 Å². The van der Waals surface area contributed by atoms with E-state index in [2.05, 4.69) is 44.8 Å². The molecule has 0 saturated carbocycles. The monoisotopic (exact) mass is 404 g/mol. The van der Waals surface area contributed by atoms with Gasteiger partial charge in [0.25, 0.3) is 0 Å². The Morgan fingerprint density at radius 2 is 1.89 bits per heavy atom. The number of aryl methyl sites for hydroxylation is 1. The van der Waals surface area contributed by atoms with Gasteiger partial charge in [0.15, 0.2) is 0 Å². The maximum absolute atomic E-state index is 5.46. The normalized spacial score (nSPS) is 12.3. The smallest absolute Gasteiger partial charge is 0.127 e. The number of halogens is 2. The van der Waals surface area contributed by atoms with E-state index in [0.717, 1.165) is 21.5 Å². The van der Waals surface area contributed by atoms with E-state index in [1.807, 2.05) is 18.2 Å². The van der Waals surface area contributed by atoms with Crippen molar-refractivity contribution in [1.29, 1.82) is 0 Å². The predicted octanol–water partition coefficient (Wildman–Crippen LogP) is 5.32.